The summed E-state index contributed by atoms with van der Waals surface area (Å²) in [6.45, 7) is 3.27. The van der Waals surface area contributed by atoms with Gasteiger partial charge >= 0.3 is 6.03 Å². The zero-order valence-electron chi connectivity index (χ0n) is 13.5. The van der Waals surface area contributed by atoms with Crippen molar-refractivity contribution in [2.45, 2.75) is 4.90 Å². The molecule has 2 aliphatic rings. The Morgan fingerprint density at radius 1 is 0.920 bits per heavy atom. The van der Waals surface area contributed by atoms with Crippen molar-refractivity contribution < 1.29 is 17.9 Å². The van der Waals surface area contributed by atoms with Crippen LogP contribution >= 0.6 is 23.2 Å². The average Bonchev–Trinajstić information content (AvgIpc) is 2.61. The molecular formula is C15H19Cl2N3O4S. The minimum absolute atomic E-state index is 0.0730. The molecule has 0 atom stereocenters. The summed E-state index contributed by atoms with van der Waals surface area (Å²) in [4.78, 5) is 15.8. The lowest BCUT2D eigenvalue weighted by Gasteiger charge is -2.38. The van der Waals surface area contributed by atoms with Crippen molar-refractivity contribution in [3.8, 4) is 0 Å². The molecule has 138 valence electrons. The molecule has 25 heavy (non-hydrogen) atoms. The number of sulfonamides is 1. The van der Waals surface area contributed by atoms with E-state index in [2.05, 4.69) is 0 Å². The van der Waals surface area contributed by atoms with Gasteiger partial charge in [0, 0.05) is 39.3 Å². The maximum absolute atomic E-state index is 12.8. The van der Waals surface area contributed by atoms with Crippen LogP contribution in [0.2, 0.25) is 10.0 Å². The largest absolute Gasteiger partial charge is 0.378 e. The second-order valence-corrected chi connectivity index (χ2v) is 8.51. The van der Waals surface area contributed by atoms with Crippen LogP contribution in [0.1, 0.15) is 0 Å². The van der Waals surface area contributed by atoms with Crippen LogP contribution in [0.25, 0.3) is 0 Å². The molecule has 1 aromatic carbocycles. The first-order chi connectivity index (χ1) is 11.9. The van der Waals surface area contributed by atoms with E-state index in [1.807, 2.05) is 0 Å². The summed E-state index contributed by atoms with van der Waals surface area (Å²) in [7, 11) is -3.80. The SMILES string of the molecule is O=C(N1CCOCC1)N1CCN(S(=O)(=O)c2c(Cl)cccc2Cl)CC1. The molecule has 0 saturated carbocycles. The zero-order valence-corrected chi connectivity index (χ0v) is 15.9. The minimum atomic E-state index is -3.80. The highest BCUT2D eigenvalue weighted by Gasteiger charge is 2.34. The Labute approximate surface area is 157 Å². The lowest BCUT2D eigenvalue weighted by Crippen LogP contribution is -2.55. The Morgan fingerprint density at radius 2 is 1.44 bits per heavy atom. The van der Waals surface area contributed by atoms with Crippen molar-refractivity contribution in [3.63, 3.8) is 0 Å². The lowest BCUT2D eigenvalue weighted by atomic mass is 10.3. The van der Waals surface area contributed by atoms with Gasteiger partial charge in [0.25, 0.3) is 0 Å². The number of nitrogens with zero attached hydrogens (tertiary/aromatic N) is 3. The van der Waals surface area contributed by atoms with E-state index in [1.54, 1.807) is 15.9 Å². The summed E-state index contributed by atoms with van der Waals surface area (Å²) in [6.07, 6.45) is 0. The molecule has 2 aliphatic heterocycles. The van der Waals surface area contributed by atoms with Crippen LogP contribution in [0.3, 0.4) is 0 Å². The molecule has 10 heteroatoms. The number of ether oxygens (including phenoxy) is 1. The van der Waals surface area contributed by atoms with Gasteiger partial charge in [-0.15, -0.1) is 0 Å². The molecular weight excluding hydrogens is 389 g/mol. The predicted molar refractivity (Wildman–Crippen MR) is 94.6 cm³/mol. The van der Waals surface area contributed by atoms with Crippen molar-refractivity contribution in [1.29, 1.82) is 0 Å². The molecule has 3 rings (SSSR count). The molecule has 0 aromatic heterocycles. The molecule has 2 heterocycles. The standard InChI is InChI=1S/C15H19Cl2N3O4S/c16-12-2-1-3-13(17)14(12)25(22,23)20-6-4-18(5-7-20)15(21)19-8-10-24-11-9-19/h1-3H,4-11H2. The highest BCUT2D eigenvalue weighted by molar-refractivity contribution is 7.89. The third-order valence-corrected chi connectivity index (χ3v) is 7.16. The highest BCUT2D eigenvalue weighted by atomic mass is 35.5. The number of hydrogen-bond donors (Lipinski definition) is 0. The summed E-state index contributed by atoms with van der Waals surface area (Å²) in [5.41, 5.74) is 0. The Balaban J connectivity index is 1.68. The van der Waals surface area contributed by atoms with Gasteiger partial charge < -0.3 is 14.5 Å². The molecule has 2 saturated heterocycles. The van der Waals surface area contributed by atoms with Crippen molar-refractivity contribution in [3.05, 3.63) is 28.2 Å². The van der Waals surface area contributed by atoms with Gasteiger partial charge in [-0.25, -0.2) is 13.2 Å². The fourth-order valence-corrected chi connectivity index (χ4v) is 5.45. The minimum Gasteiger partial charge on any atom is -0.378 e. The van der Waals surface area contributed by atoms with Gasteiger partial charge in [0.2, 0.25) is 10.0 Å². The molecule has 0 spiro atoms. The van der Waals surface area contributed by atoms with E-state index in [9.17, 15) is 13.2 Å². The summed E-state index contributed by atoms with van der Waals surface area (Å²) >= 11 is 12.1. The smallest absolute Gasteiger partial charge is 0.320 e. The molecule has 1 aromatic rings. The summed E-state index contributed by atoms with van der Waals surface area (Å²) < 4.78 is 32.2. The first-order valence-corrected chi connectivity index (χ1v) is 10.2. The third kappa shape index (κ3) is 3.88. The van der Waals surface area contributed by atoms with E-state index in [-0.39, 0.29) is 34.1 Å². The quantitative estimate of drug-likeness (QED) is 0.748. The van der Waals surface area contributed by atoms with Crippen LogP contribution in [-0.4, -0.2) is 81.0 Å². The Morgan fingerprint density at radius 3 is 2.00 bits per heavy atom. The predicted octanol–water partition coefficient (Wildman–Crippen LogP) is 1.75. The number of urea groups is 1. The van der Waals surface area contributed by atoms with Crippen molar-refractivity contribution in [2.24, 2.45) is 0 Å². The number of halogens is 2. The van der Waals surface area contributed by atoms with E-state index in [4.69, 9.17) is 27.9 Å². The molecule has 7 nitrogen and oxygen atoms in total. The second kappa shape index (κ2) is 7.67. The van der Waals surface area contributed by atoms with Gasteiger partial charge in [-0.2, -0.15) is 4.31 Å². The number of morpholine rings is 1. The molecule has 0 radical (unpaired) electrons. The van der Waals surface area contributed by atoms with Crippen molar-refractivity contribution in [2.75, 3.05) is 52.5 Å². The van der Waals surface area contributed by atoms with E-state index < -0.39 is 10.0 Å². The fourth-order valence-electron chi connectivity index (χ4n) is 2.93. The van der Waals surface area contributed by atoms with Gasteiger partial charge in [-0.1, -0.05) is 29.3 Å². The third-order valence-electron chi connectivity index (χ3n) is 4.31. The number of carbonyl (C=O) groups excluding carboxylic acids is 1. The number of benzene rings is 1. The number of rotatable bonds is 2. The van der Waals surface area contributed by atoms with Gasteiger partial charge in [-0.3, -0.25) is 0 Å². The summed E-state index contributed by atoms with van der Waals surface area (Å²) in [6, 6.07) is 4.52. The summed E-state index contributed by atoms with van der Waals surface area (Å²) in [5, 5.41) is 0.193. The van der Waals surface area contributed by atoms with E-state index in [0.717, 1.165) is 0 Å². The highest BCUT2D eigenvalue weighted by Crippen LogP contribution is 2.31. The van der Waals surface area contributed by atoms with Crippen LogP contribution in [0.5, 0.6) is 0 Å². The fraction of sp³-hybridized carbons (Fsp3) is 0.533. The van der Waals surface area contributed by atoms with Crippen LogP contribution in [0.4, 0.5) is 4.79 Å². The van der Waals surface area contributed by atoms with Crippen molar-refractivity contribution >= 4 is 39.3 Å². The van der Waals surface area contributed by atoms with Crippen LogP contribution in [0, 0.1) is 0 Å². The number of carbonyl (C=O) groups is 1. The molecule has 0 unspecified atom stereocenters. The number of hydrogen-bond acceptors (Lipinski definition) is 4. The monoisotopic (exact) mass is 407 g/mol. The molecule has 2 fully saturated rings. The van der Waals surface area contributed by atoms with E-state index in [0.29, 0.717) is 39.4 Å². The van der Waals surface area contributed by atoms with Gasteiger partial charge in [0.1, 0.15) is 4.90 Å². The van der Waals surface area contributed by atoms with Gasteiger partial charge in [-0.05, 0) is 12.1 Å². The second-order valence-electron chi connectivity index (χ2n) is 5.82. The average molecular weight is 408 g/mol. The molecule has 0 N–H and O–H groups in total. The Bertz CT molecular complexity index is 725. The number of piperazine rings is 1. The van der Waals surface area contributed by atoms with Gasteiger partial charge in [0.15, 0.2) is 0 Å². The first-order valence-electron chi connectivity index (χ1n) is 7.97. The molecule has 2 amide bonds. The van der Waals surface area contributed by atoms with Crippen molar-refractivity contribution in [1.82, 2.24) is 14.1 Å². The van der Waals surface area contributed by atoms with Crippen LogP contribution < -0.4 is 0 Å². The zero-order chi connectivity index (χ0) is 18.0. The topological polar surface area (TPSA) is 70.2 Å². The number of amides is 2. The van der Waals surface area contributed by atoms with E-state index in [1.165, 1.54) is 16.4 Å². The first kappa shape index (κ1) is 18.7. The van der Waals surface area contributed by atoms with Crippen LogP contribution in [0.15, 0.2) is 23.1 Å². The maximum atomic E-state index is 12.8. The Kier molecular flexibility index (Phi) is 5.75. The maximum Gasteiger partial charge on any atom is 0.320 e. The van der Waals surface area contributed by atoms with E-state index >= 15 is 0 Å². The Hall–Kier alpha value is -1.06. The van der Waals surface area contributed by atoms with Gasteiger partial charge in [0.05, 0.1) is 23.3 Å². The lowest BCUT2D eigenvalue weighted by molar-refractivity contribution is 0.0405. The summed E-state index contributed by atoms with van der Waals surface area (Å²) in [5.74, 6) is 0. The molecule has 0 aliphatic carbocycles. The normalized spacial score (nSPS) is 19.9. The van der Waals surface area contributed by atoms with Crippen LogP contribution in [-0.2, 0) is 14.8 Å². The molecule has 0 bridgehead atoms.